The van der Waals surface area contributed by atoms with E-state index in [0.717, 1.165) is 5.69 Å². The number of nitrogens with zero attached hydrogens (tertiary/aromatic N) is 2. The largest absolute Gasteiger partial charge is 0.378 e. The van der Waals surface area contributed by atoms with Crippen LogP contribution < -0.4 is 16.1 Å². The molecule has 0 atom stereocenters. The standard InChI is InChI=1S/C9H14N4O/c1-13(2)8-5-3-7(4-6-8)11-9(10)12-14/h3-6,14H,1-2H3,(H3,10,11,12). The zero-order valence-corrected chi connectivity index (χ0v) is 8.23. The Morgan fingerprint density at radius 3 is 2.36 bits per heavy atom. The zero-order chi connectivity index (χ0) is 10.6. The quantitative estimate of drug-likeness (QED) is 0.367. The predicted molar refractivity (Wildman–Crippen MR) is 57.0 cm³/mol. The first-order chi connectivity index (χ1) is 6.63. The van der Waals surface area contributed by atoms with Gasteiger partial charge in [0.1, 0.15) is 0 Å². The second-order valence-corrected chi connectivity index (χ2v) is 3.02. The van der Waals surface area contributed by atoms with Crippen molar-refractivity contribution in [3.63, 3.8) is 0 Å². The molecule has 0 bridgehead atoms. The fraction of sp³-hybridized carbons (Fsp3) is 0.222. The molecule has 4 N–H and O–H groups in total. The molecule has 1 aromatic carbocycles. The average molecular weight is 194 g/mol. The molecular weight excluding hydrogens is 180 g/mol. The molecule has 14 heavy (non-hydrogen) atoms. The number of benzene rings is 1. The van der Waals surface area contributed by atoms with Crippen LogP contribution >= 0.6 is 0 Å². The van der Waals surface area contributed by atoms with E-state index in [0.29, 0.717) is 5.69 Å². The molecule has 0 saturated heterocycles. The van der Waals surface area contributed by atoms with Crippen LogP contribution in [0.25, 0.3) is 0 Å². The van der Waals surface area contributed by atoms with Gasteiger partial charge in [0.25, 0.3) is 0 Å². The molecular formula is C9H14N4O. The van der Waals surface area contributed by atoms with E-state index in [2.05, 4.69) is 4.99 Å². The molecule has 0 saturated carbocycles. The Labute approximate surface area is 82.8 Å². The topological polar surface area (TPSA) is 73.9 Å². The predicted octanol–water partition coefficient (Wildman–Crippen LogP) is 0.678. The maximum Gasteiger partial charge on any atom is 0.218 e. The zero-order valence-electron chi connectivity index (χ0n) is 8.23. The van der Waals surface area contributed by atoms with E-state index in [-0.39, 0.29) is 5.96 Å². The fourth-order valence-corrected chi connectivity index (χ4v) is 0.989. The molecule has 0 heterocycles. The Kier molecular flexibility index (Phi) is 3.30. The maximum absolute atomic E-state index is 8.42. The van der Waals surface area contributed by atoms with Crippen LogP contribution in [0, 0.1) is 0 Å². The van der Waals surface area contributed by atoms with Gasteiger partial charge in [0.2, 0.25) is 5.96 Å². The van der Waals surface area contributed by atoms with Crippen molar-refractivity contribution in [1.82, 2.24) is 5.48 Å². The van der Waals surface area contributed by atoms with Gasteiger partial charge in [-0.2, -0.15) is 0 Å². The van der Waals surface area contributed by atoms with E-state index >= 15 is 0 Å². The smallest absolute Gasteiger partial charge is 0.218 e. The van der Waals surface area contributed by atoms with E-state index in [9.17, 15) is 0 Å². The third-order valence-electron chi connectivity index (χ3n) is 1.73. The number of hydroxylamine groups is 1. The highest BCUT2D eigenvalue weighted by Crippen LogP contribution is 2.17. The molecule has 5 heteroatoms. The Hall–Kier alpha value is -1.75. The normalized spacial score (nSPS) is 11.2. The average Bonchev–Trinajstić information content (AvgIpc) is 2.18. The van der Waals surface area contributed by atoms with Crippen molar-refractivity contribution in [2.24, 2.45) is 10.7 Å². The van der Waals surface area contributed by atoms with Gasteiger partial charge in [0.15, 0.2) is 0 Å². The Balaban J connectivity index is 2.84. The SMILES string of the molecule is CN(C)c1ccc(N=C(N)NO)cc1. The Morgan fingerprint density at radius 1 is 1.36 bits per heavy atom. The summed E-state index contributed by atoms with van der Waals surface area (Å²) >= 11 is 0. The lowest BCUT2D eigenvalue weighted by molar-refractivity contribution is 0.233. The van der Waals surface area contributed by atoms with Gasteiger partial charge in [-0.3, -0.25) is 5.21 Å². The molecule has 0 amide bonds. The Bertz CT molecular complexity index is 318. The molecule has 0 aliphatic heterocycles. The molecule has 0 aliphatic rings. The first kappa shape index (κ1) is 10.3. The van der Waals surface area contributed by atoms with Crippen LogP contribution in [-0.2, 0) is 0 Å². The second kappa shape index (κ2) is 4.48. The lowest BCUT2D eigenvalue weighted by Crippen LogP contribution is -2.27. The monoisotopic (exact) mass is 194 g/mol. The number of aliphatic imine (C=N–C) groups is 1. The number of hydrogen-bond acceptors (Lipinski definition) is 3. The summed E-state index contributed by atoms with van der Waals surface area (Å²) in [6, 6.07) is 7.48. The number of guanidine groups is 1. The number of rotatable bonds is 2. The van der Waals surface area contributed by atoms with Crippen molar-refractivity contribution < 1.29 is 5.21 Å². The summed E-state index contributed by atoms with van der Waals surface area (Å²) in [5.74, 6) is -0.0254. The number of nitrogens with two attached hydrogens (primary N) is 1. The highest BCUT2D eigenvalue weighted by Gasteiger charge is 1.95. The number of hydrogen-bond donors (Lipinski definition) is 3. The highest BCUT2D eigenvalue weighted by molar-refractivity contribution is 5.79. The summed E-state index contributed by atoms with van der Waals surface area (Å²) in [7, 11) is 3.92. The summed E-state index contributed by atoms with van der Waals surface area (Å²) in [6.45, 7) is 0. The lowest BCUT2D eigenvalue weighted by atomic mass is 10.3. The highest BCUT2D eigenvalue weighted by atomic mass is 16.5. The molecule has 0 radical (unpaired) electrons. The van der Waals surface area contributed by atoms with Crippen LogP contribution in [0.3, 0.4) is 0 Å². The molecule has 5 nitrogen and oxygen atoms in total. The van der Waals surface area contributed by atoms with E-state index in [1.807, 2.05) is 43.3 Å². The van der Waals surface area contributed by atoms with Crippen LogP contribution in [0.5, 0.6) is 0 Å². The summed E-state index contributed by atoms with van der Waals surface area (Å²) in [5.41, 5.74) is 8.82. The first-order valence-electron chi connectivity index (χ1n) is 4.15. The van der Waals surface area contributed by atoms with Gasteiger partial charge in [0.05, 0.1) is 5.69 Å². The van der Waals surface area contributed by atoms with Crippen LogP contribution in [0.4, 0.5) is 11.4 Å². The molecule has 0 spiro atoms. The number of anilines is 1. The molecule has 0 fully saturated rings. The van der Waals surface area contributed by atoms with Gasteiger partial charge in [-0.15, -0.1) is 0 Å². The molecule has 0 aliphatic carbocycles. The summed E-state index contributed by atoms with van der Waals surface area (Å²) < 4.78 is 0. The van der Waals surface area contributed by atoms with Gasteiger partial charge in [-0.1, -0.05) is 0 Å². The van der Waals surface area contributed by atoms with Gasteiger partial charge < -0.3 is 10.6 Å². The first-order valence-corrected chi connectivity index (χ1v) is 4.15. The molecule has 76 valence electrons. The minimum Gasteiger partial charge on any atom is -0.378 e. The molecule has 0 aromatic heterocycles. The molecule has 1 aromatic rings. The third kappa shape index (κ3) is 2.63. The van der Waals surface area contributed by atoms with Crippen molar-refractivity contribution in [3.05, 3.63) is 24.3 Å². The van der Waals surface area contributed by atoms with E-state index < -0.39 is 0 Å². The summed E-state index contributed by atoms with van der Waals surface area (Å²) in [6.07, 6.45) is 0. The third-order valence-corrected chi connectivity index (χ3v) is 1.73. The van der Waals surface area contributed by atoms with Crippen LogP contribution in [-0.4, -0.2) is 25.3 Å². The lowest BCUT2D eigenvalue weighted by Gasteiger charge is -2.11. The van der Waals surface area contributed by atoms with Crippen LogP contribution in [0.15, 0.2) is 29.3 Å². The Morgan fingerprint density at radius 2 is 1.93 bits per heavy atom. The minimum absolute atomic E-state index is 0.0254. The number of nitrogens with one attached hydrogen (secondary N) is 1. The summed E-state index contributed by atoms with van der Waals surface area (Å²) in [4.78, 5) is 5.88. The van der Waals surface area contributed by atoms with E-state index in [1.54, 1.807) is 5.48 Å². The molecule has 0 unspecified atom stereocenters. The van der Waals surface area contributed by atoms with E-state index in [1.165, 1.54) is 0 Å². The van der Waals surface area contributed by atoms with Crippen LogP contribution in [0.1, 0.15) is 0 Å². The van der Waals surface area contributed by atoms with Crippen molar-refractivity contribution in [1.29, 1.82) is 0 Å². The van der Waals surface area contributed by atoms with E-state index in [4.69, 9.17) is 10.9 Å². The van der Waals surface area contributed by atoms with Crippen molar-refractivity contribution in [2.75, 3.05) is 19.0 Å². The van der Waals surface area contributed by atoms with Gasteiger partial charge in [-0.25, -0.2) is 10.5 Å². The fourth-order valence-electron chi connectivity index (χ4n) is 0.989. The van der Waals surface area contributed by atoms with Crippen molar-refractivity contribution >= 4 is 17.3 Å². The second-order valence-electron chi connectivity index (χ2n) is 3.02. The maximum atomic E-state index is 8.42. The summed E-state index contributed by atoms with van der Waals surface area (Å²) in [5, 5.41) is 8.42. The van der Waals surface area contributed by atoms with Gasteiger partial charge in [-0.05, 0) is 24.3 Å². The van der Waals surface area contributed by atoms with Crippen LogP contribution in [0.2, 0.25) is 0 Å². The van der Waals surface area contributed by atoms with Crippen molar-refractivity contribution in [3.8, 4) is 0 Å². The minimum atomic E-state index is -0.0254. The molecule has 1 rings (SSSR count). The van der Waals surface area contributed by atoms with Crippen molar-refractivity contribution in [2.45, 2.75) is 0 Å². The van der Waals surface area contributed by atoms with Gasteiger partial charge >= 0.3 is 0 Å². The van der Waals surface area contributed by atoms with Gasteiger partial charge in [0, 0.05) is 19.8 Å².